The molecule has 0 saturated carbocycles. The maximum Gasteiger partial charge on any atom is 0.275 e. The lowest BCUT2D eigenvalue weighted by molar-refractivity contribution is -0.116. The van der Waals surface area contributed by atoms with Gasteiger partial charge < -0.3 is 19.0 Å². The average molecular weight is 377 g/mol. The third kappa shape index (κ3) is 3.32. The third-order valence-corrected chi connectivity index (χ3v) is 4.56. The van der Waals surface area contributed by atoms with Gasteiger partial charge in [0.2, 0.25) is 5.91 Å². The van der Waals surface area contributed by atoms with Gasteiger partial charge in [0.05, 0.1) is 24.3 Å². The Kier molecular flexibility index (Phi) is 4.76. The number of nitrogens with zero attached hydrogens (tertiary/aromatic N) is 4. The van der Waals surface area contributed by atoms with Crippen molar-refractivity contribution in [1.29, 1.82) is 0 Å². The van der Waals surface area contributed by atoms with Gasteiger partial charge in [-0.2, -0.15) is 0 Å². The van der Waals surface area contributed by atoms with Crippen LogP contribution in [0.5, 0.6) is 5.75 Å². The zero-order chi connectivity index (χ0) is 19.5. The highest BCUT2D eigenvalue weighted by atomic mass is 16.5. The largest absolute Gasteiger partial charge is 0.497 e. The summed E-state index contributed by atoms with van der Waals surface area (Å²) in [6, 6.07) is 8.80. The fraction of sp³-hybridized carbons (Fsp3) is 0.200. The number of carbonyl (C=O) groups excluding carboxylic acids is 1. The summed E-state index contributed by atoms with van der Waals surface area (Å²) in [6.07, 6.45) is 7.60. The number of aromatic nitrogens is 4. The summed E-state index contributed by atoms with van der Waals surface area (Å²) < 4.78 is 8.65. The molecule has 8 nitrogen and oxygen atoms in total. The van der Waals surface area contributed by atoms with Gasteiger partial charge in [0.15, 0.2) is 0 Å². The van der Waals surface area contributed by atoms with Crippen LogP contribution in [0.1, 0.15) is 12.8 Å². The number of fused-ring (bicyclic) bond motifs is 3. The van der Waals surface area contributed by atoms with Gasteiger partial charge >= 0.3 is 0 Å². The minimum atomic E-state index is -0.163. The third-order valence-electron chi connectivity index (χ3n) is 4.56. The quantitative estimate of drug-likeness (QED) is 0.557. The summed E-state index contributed by atoms with van der Waals surface area (Å²) in [4.78, 5) is 33.3. The zero-order valence-electron chi connectivity index (χ0n) is 15.3. The van der Waals surface area contributed by atoms with E-state index in [-0.39, 0.29) is 17.9 Å². The summed E-state index contributed by atoms with van der Waals surface area (Å²) in [5, 5.41) is 2.75. The van der Waals surface area contributed by atoms with Gasteiger partial charge in [-0.15, -0.1) is 0 Å². The highest BCUT2D eigenvalue weighted by Gasteiger charge is 2.11. The van der Waals surface area contributed by atoms with Crippen LogP contribution in [0.3, 0.4) is 0 Å². The minimum Gasteiger partial charge on any atom is -0.497 e. The predicted molar refractivity (Wildman–Crippen MR) is 106 cm³/mol. The van der Waals surface area contributed by atoms with Gasteiger partial charge in [-0.05, 0) is 30.7 Å². The van der Waals surface area contributed by atoms with E-state index in [1.54, 1.807) is 48.5 Å². The number of nitrogens with one attached hydrogen (secondary N) is 1. The first kappa shape index (κ1) is 17.7. The molecule has 0 fully saturated rings. The lowest BCUT2D eigenvalue weighted by Gasteiger charge is -2.12. The number of hydrogen-bond donors (Lipinski definition) is 1. The molecule has 142 valence electrons. The second-order valence-electron chi connectivity index (χ2n) is 6.32. The van der Waals surface area contributed by atoms with Crippen LogP contribution >= 0.6 is 0 Å². The first-order valence-corrected chi connectivity index (χ1v) is 8.91. The van der Waals surface area contributed by atoms with Crippen LogP contribution in [0, 0.1) is 0 Å². The summed E-state index contributed by atoms with van der Waals surface area (Å²) in [5.41, 5.74) is 2.15. The highest BCUT2D eigenvalue weighted by molar-refractivity contribution is 5.89. The minimum absolute atomic E-state index is 0.0847. The second kappa shape index (κ2) is 7.51. The molecule has 4 rings (SSSR count). The van der Waals surface area contributed by atoms with E-state index in [0.717, 1.165) is 11.0 Å². The van der Waals surface area contributed by atoms with Gasteiger partial charge in [-0.3, -0.25) is 14.6 Å². The molecular weight excluding hydrogens is 358 g/mol. The summed E-state index contributed by atoms with van der Waals surface area (Å²) in [7, 11) is 1.56. The van der Waals surface area contributed by atoms with Crippen molar-refractivity contribution in [2.45, 2.75) is 19.4 Å². The Balaban J connectivity index is 1.50. The van der Waals surface area contributed by atoms with Crippen molar-refractivity contribution in [3.8, 4) is 5.75 Å². The van der Waals surface area contributed by atoms with Crippen LogP contribution in [0.25, 0.3) is 16.6 Å². The topological polar surface area (TPSA) is 90.5 Å². The van der Waals surface area contributed by atoms with E-state index in [4.69, 9.17) is 4.74 Å². The Labute approximate surface area is 160 Å². The van der Waals surface area contributed by atoms with E-state index in [2.05, 4.69) is 15.3 Å². The predicted octanol–water partition coefficient (Wildman–Crippen LogP) is 2.47. The van der Waals surface area contributed by atoms with Crippen molar-refractivity contribution in [2.75, 3.05) is 12.4 Å². The summed E-state index contributed by atoms with van der Waals surface area (Å²) in [5.74, 6) is 0.897. The van der Waals surface area contributed by atoms with Crippen molar-refractivity contribution in [1.82, 2.24) is 18.9 Å². The van der Waals surface area contributed by atoms with E-state index in [1.807, 2.05) is 22.7 Å². The molecule has 0 aromatic carbocycles. The molecule has 1 amide bonds. The molecular formula is C20H19N5O3. The highest BCUT2D eigenvalue weighted by Crippen LogP contribution is 2.16. The average Bonchev–Trinajstić information content (AvgIpc) is 3.21. The number of amides is 1. The number of methoxy groups -OCH3 is 1. The molecule has 0 aliphatic carbocycles. The molecule has 1 N–H and O–H groups in total. The SMILES string of the molecule is COc1ccnc(NC(=O)CCCn2c(=O)c3cccn3c3cnccc32)c1. The Morgan fingerprint density at radius 3 is 2.93 bits per heavy atom. The fourth-order valence-corrected chi connectivity index (χ4v) is 3.24. The van der Waals surface area contributed by atoms with E-state index in [0.29, 0.717) is 30.0 Å². The van der Waals surface area contributed by atoms with Crippen molar-refractivity contribution >= 4 is 28.3 Å². The molecule has 28 heavy (non-hydrogen) atoms. The van der Waals surface area contributed by atoms with E-state index in [9.17, 15) is 9.59 Å². The van der Waals surface area contributed by atoms with E-state index in [1.165, 1.54) is 0 Å². The Hall–Kier alpha value is -3.68. The smallest absolute Gasteiger partial charge is 0.275 e. The maximum atomic E-state index is 12.8. The Morgan fingerprint density at radius 2 is 2.07 bits per heavy atom. The molecule has 0 bridgehead atoms. The van der Waals surface area contributed by atoms with Gasteiger partial charge in [-0.25, -0.2) is 4.98 Å². The Morgan fingerprint density at radius 1 is 1.18 bits per heavy atom. The number of pyridine rings is 2. The van der Waals surface area contributed by atoms with Gasteiger partial charge in [0.1, 0.15) is 17.1 Å². The van der Waals surface area contributed by atoms with Crippen LogP contribution < -0.4 is 15.6 Å². The van der Waals surface area contributed by atoms with Gasteiger partial charge in [0, 0.05) is 37.6 Å². The number of ether oxygens (including phenoxy) is 1. The molecule has 0 spiro atoms. The van der Waals surface area contributed by atoms with Crippen molar-refractivity contribution in [3.63, 3.8) is 0 Å². The van der Waals surface area contributed by atoms with Crippen LogP contribution in [-0.2, 0) is 11.3 Å². The molecule has 0 saturated heterocycles. The number of hydrogen-bond acceptors (Lipinski definition) is 5. The molecule has 4 heterocycles. The molecule has 0 aliphatic heterocycles. The summed E-state index contributed by atoms with van der Waals surface area (Å²) in [6.45, 7) is 0.431. The van der Waals surface area contributed by atoms with Crippen LogP contribution in [0.15, 0.2) is 59.9 Å². The monoisotopic (exact) mass is 377 g/mol. The second-order valence-corrected chi connectivity index (χ2v) is 6.32. The lowest BCUT2D eigenvalue weighted by Crippen LogP contribution is -2.23. The first-order valence-electron chi connectivity index (χ1n) is 8.91. The lowest BCUT2D eigenvalue weighted by atomic mass is 10.2. The molecule has 8 heteroatoms. The van der Waals surface area contributed by atoms with E-state index >= 15 is 0 Å². The maximum absolute atomic E-state index is 12.8. The van der Waals surface area contributed by atoms with Crippen LogP contribution in [-0.4, -0.2) is 32.0 Å². The van der Waals surface area contributed by atoms with Crippen molar-refractivity contribution in [2.24, 2.45) is 0 Å². The van der Waals surface area contributed by atoms with Crippen LogP contribution in [0.4, 0.5) is 5.82 Å². The summed E-state index contributed by atoms with van der Waals surface area (Å²) >= 11 is 0. The fourth-order valence-electron chi connectivity index (χ4n) is 3.24. The van der Waals surface area contributed by atoms with Crippen LogP contribution in [0.2, 0.25) is 0 Å². The molecule has 0 atom stereocenters. The van der Waals surface area contributed by atoms with Gasteiger partial charge in [0.25, 0.3) is 5.56 Å². The number of carbonyl (C=O) groups is 1. The number of aryl methyl sites for hydroxylation is 1. The zero-order valence-corrected chi connectivity index (χ0v) is 15.3. The van der Waals surface area contributed by atoms with Crippen molar-refractivity contribution in [3.05, 3.63) is 65.5 Å². The van der Waals surface area contributed by atoms with E-state index < -0.39 is 0 Å². The number of rotatable bonds is 6. The van der Waals surface area contributed by atoms with Crippen molar-refractivity contribution < 1.29 is 9.53 Å². The first-order chi connectivity index (χ1) is 13.7. The molecule has 0 radical (unpaired) electrons. The van der Waals surface area contributed by atoms with Gasteiger partial charge in [-0.1, -0.05) is 0 Å². The normalized spacial score (nSPS) is 11.0. The number of anilines is 1. The molecule has 4 aromatic heterocycles. The Bertz CT molecular complexity index is 1210. The molecule has 0 unspecified atom stereocenters. The standard InChI is InChI=1S/C20H19N5O3/c1-28-14-6-9-22-18(12-14)23-19(26)5-3-11-25-15-7-8-21-13-17(15)24-10-2-4-16(24)20(25)27/h2,4,6-10,12-13H,3,5,11H2,1H3,(H,22,23,26). The molecule has 0 aliphatic rings. The molecule has 4 aromatic rings.